The predicted octanol–water partition coefficient (Wildman–Crippen LogP) is 4.65. The van der Waals surface area contributed by atoms with Crippen LogP contribution in [0, 0.1) is 11.6 Å². The van der Waals surface area contributed by atoms with E-state index in [1.165, 1.54) is 12.1 Å². The van der Waals surface area contributed by atoms with Gasteiger partial charge in [0.05, 0.1) is 7.11 Å². The lowest BCUT2D eigenvalue weighted by molar-refractivity contribution is 0.409. The smallest absolute Gasteiger partial charge is 0.129 e. The molecule has 0 radical (unpaired) electrons. The SMILES string of the molecule is COc1ccccc1C(Br)Cc1ccc(F)cc1F. The topological polar surface area (TPSA) is 9.23 Å². The van der Waals surface area contributed by atoms with Crippen LogP contribution < -0.4 is 4.74 Å². The molecule has 0 aliphatic carbocycles. The summed E-state index contributed by atoms with van der Waals surface area (Å²) in [7, 11) is 1.59. The van der Waals surface area contributed by atoms with Gasteiger partial charge in [0.1, 0.15) is 17.4 Å². The summed E-state index contributed by atoms with van der Waals surface area (Å²) in [5, 5.41) is 0. The first-order chi connectivity index (χ1) is 9.11. The molecule has 19 heavy (non-hydrogen) atoms. The normalized spacial score (nSPS) is 12.2. The van der Waals surface area contributed by atoms with E-state index in [0.717, 1.165) is 17.4 Å². The Hall–Kier alpha value is -1.42. The molecule has 0 saturated carbocycles. The summed E-state index contributed by atoms with van der Waals surface area (Å²) in [5.74, 6) is -0.351. The fourth-order valence-corrected chi connectivity index (χ4v) is 2.64. The molecule has 0 spiro atoms. The number of hydrogen-bond donors (Lipinski definition) is 0. The van der Waals surface area contributed by atoms with Gasteiger partial charge in [0.2, 0.25) is 0 Å². The summed E-state index contributed by atoms with van der Waals surface area (Å²) in [6, 6.07) is 11.2. The molecule has 1 atom stereocenters. The van der Waals surface area contributed by atoms with Crippen LogP contribution in [0.3, 0.4) is 0 Å². The predicted molar refractivity (Wildman–Crippen MR) is 74.7 cm³/mol. The monoisotopic (exact) mass is 326 g/mol. The van der Waals surface area contributed by atoms with Crippen molar-refractivity contribution < 1.29 is 13.5 Å². The molecule has 0 aliphatic rings. The first-order valence-corrected chi connectivity index (χ1v) is 6.74. The Morgan fingerprint density at radius 3 is 2.58 bits per heavy atom. The number of benzene rings is 2. The van der Waals surface area contributed by atoms with Crippen LogP contribution in [0.25, 0.3) is 0 Å². The Morgan fingerprint density at radius 2 is 1.89 bits per heavy atom. The fraction of sp³-hybridized carbons (Fsp3) is 0.200. The molecule has 0 bridgehead atoms. The molecule has 1 unspecified atom stereocenters. The summed E-state index contributed by atoms with van der Waals surface area (Å²) in [6.07, 6.45) is 0.423. The number of methoxy groups -OCH3 is 1. The van der Waals surface area contributed by atoms with Crippen molar-refractivity contribution in [3.63, 3.8) is 0 Å². The second kappa shape index (κ2) is 6.15. The minimum Gasteiger partial charge on any atom is -0.496 e. The van der Waals surface area contributed by atoms with Crippen molar-refractivity contribution in [2.24, 2.45) is 0 Å². The molecule has 4 heteroatoms. The lowest BCUT2D eigenvalue weighted by atomic mass is 10.0. The van der Waals surface area contributed by atoms with Gasteiger partial charge >= 0.3 is 0 Å². The Labute approximate surface area is 119 Å². The average Bonchev–Trinajstić information content (AvgIpc) is 2.41. The fourth-order valence-electron chi connectivity index (χ4n) is 1.92. The number of alkyl halides is 1. The van der Waals surface area contributed by atoms with E-state index in [9.17, 15) is 8.78 Å². The molecule has 1 nitrogen and oxygen atoms in total. The van der Waals surface area contributed by atoms with E-state index in [0.29, 0.717) is 12.0 Å². The second-order valence-electron chi connectivity index (χ2n) is 4.15. The van der Waals surface area contributed by atoms with E-state index >= 15 is 0 Å². The van der Waals surface area contributed by atoms with Crippen molar-refractivity contribution in [2.75, 3.05) is 7.11 Å². The van der Waals surface area contributed by atoms with Gasteiger partial charge in [0.15, 0.2) is 0 Å². The molecule has 2 aromatic carbocycles. The van der Waals surface area contributed by atoms with Gasteiger partial charge in [0.25, 0.3) is 0 Å². The number of ether oxygens (including phenoxy) is 1. The van der Waals surface area contributed by atoms with Crippen LogP contribution in [0.5, 0.6) is 5.75 Å². The molecular weight excluding hydrogens is 314 g/mol. The molecule has 0 aliphatic heterocycles. The summed E-state index contributed by atoms with van der Waals surface area (Å²) in [5.41, 5.74) is 1.41. The van der Waals surface area contributed by atoms with E-state index in [1.807, 2.05) is 24.3 Å². The zero-order valence-electron chi connectivity index (χ0n) is 10.4. The van der Waals surface area contributed by atoms with Crippen LogP contribution in [-0.2, 0) is 6.42 Å². The number of rotatable bonds is 4. The standard InChI is InChI=1S/C15H13BrF2O/c1-19-15-5-3-2-4-12(15)13(16)8-10-6-7-11(17)9-14(10)18/h2-7,9,13H,8H2,1H3. The zero-order chi connectivity index (χ0) is 13.8. The third-order valence-corrected chi connectivity index (χ3v) is 3.71. The van der Waals surface area contributed by atoms with Crippen LogP contribution in [0.1, 0.15) is 16.0 Å². The summed E-state index contributed by atoms with van der Waals surface area (Å²) >= 11 is 3.53. The molecule has 0 fully saturated rings. The van der Waals surface area contributed by atoms with Crippen LogP contribution in [0.15, 0.2) is 42.5 Å². The maximum atomic E-state index is 13.6. The van der Waals surface area contributed by atoms with Crippen molar-refractivity contribution in [3.8, 4) is 5.75 Å². The van der Waals surface area contributed by atoms with Gasteiger partial charge in [-0.05, 0) is 24.1 Å². The number of hydrogen-bond acceptors (Lipinski definition) is 1. The van der Waals surface area contributed by atoms with Gasteiger partial charge in [-0.3, -0.25) is 0 Å². The Balaban J connectivity index is 2.23. The first kappa shape index (κ1) is 14.0. The van der Waals surface area contributed by atoms with Gasteiger partial charge in [-0.25, -0.2) is 8.78 Å². The highest BCUT2D eigenvalue weighted by molar-refractivity contribution is 9.09. The molecule has 2 rings (SSSR count). The quantitative estimate of drug-likeness (QED) is 0.743. The average molecular weight is 327 g/mol. The number of para-hydroxylation sites is 1. The third-order valence-electron chi connectivity index (χ3n) is 2.89. The lowest BCUT2D eigenvalue weighted by Gasteiger charge is -2.14. The molecule has 100 valence electrons. The van der Waals surface area contributed by atoms with Crippen molar-refractivity contribution in [3.05, 3.63) is 65.2 Å². The molecule has 0 aromatic heterocycles. The van der Waals surface area contributed by atoms with Crippen LogP contribution in [-0.4, -0.2) is 7.11 Å². The van der Waals surface area contributed by atoms with Crippen LogP contribution >= 0.6 is 15.9 Å². The van der Waals surface area contributed by atoms with Crippen LogP contribution in [0.2, 0.25) is 0 Å². The Morgan fingerprint density at radius 1 is 1.16 bits per heavy atom. The van der Waals surface area contributed by atoms with Crippen molar-refractivity contribution in [2.45, 2.75) is 11.2 Å². The zero-order valence-corrected chi connectivity index (χ0v) is 12.0. The summed E-state index contributed by atoms with van der Waals surface area (Å²) < 4.78 is 31.7. The Bertz CT molecular complexity index is 572. The molecular formula is C15H13BrF2O. The first-order valence-electron chi connectivity index (χ1n) is 5.82. The minimum atomic E-state index is -0.565. The largest absolute Gasteiger partial charge is 0.496 e. The van der Waals surface area contributed by atoms with Gasteiger partial charge in [-0.15, -0.1) is 0 Å². The van der Waals surface area contributed by atoms with Crippen LogP contribution in [0.4, 0.5) is 8.78 Å². The second-order valence-corrected chi connectivity index (χ2v) is 5.25. The van der Waals surface area contributed by atoms with E-state index in [-0.39, 0.29) is 4.83 Å². The molecule has 0 N–H and O–H groups in total. The highest BCUT2D eigenvalue weighted by Crippen LogP contribution is 2.34. The minimum absolute atomic E-state index is 0.0939. The van der Waals surface area contributed by atoms with Gasteiger partial charge in [-0.2, -0.15) is 0 Å². The van der Waals surface area contributed by atoms with E-state index in [2.05, 4.69) is 15.9 Å². The Kier molecular flexibility index (Phi) is 4.53. The van der Waals surface area contributed by atoms with E-state index in [4.69, 9.17) is 4.74 Å². The van der Waals surface area contributed by atoms with Gasteiger partial charge in [0, 0.05) is 16.5 Å². The van der Waals surface area contributed by atoms with Crippen molar-refractivity contribution >= 4 is 15.9 Å². The van der Waals surface area contributed by atoms with Gasteiger partial charge in [-0.1, -0.05) is 40.2 Å². The highest BCUT2D eigenvalue weighted by atomic mass is 79.9. The molecule has 0 amide bonds. The molecule has 0 heterocycles. The summed E-state index contributed by atoms with van der Waals surface area (Å²) in [4.78, 5) is -0.0939. The van der Waals surface area contributed by atoms with Gasteiger partial charge < -0.3 is 4.74 Å². The van der Waals surface area contributed by atoms with Crippen molar-refractivity contribution in [1.29, 1.82) is 0 Å². The lowest BCUT2D eigenvalue weighted by Crippen LogP contribution is -2.01. The van der Waals surface area contributed by atoms with E-state index < -0.39 is 11.6 Å². The van der Waals surface area contributed by atoms with E-state index in [1.54, 1.807) is 7.11 Å². The molecule has 0 saturated heterocycles. The highest BCUT2D eigenvalue weighted by Gasteiger charge is 2.15. The maximum Gasteiger partial charge on any atom is 0.129 e. The van der Waals surface area contributed by atoms with Crippen molar-refractivity contribution in [1.82, 2.24) is 0 Å². The number of halogens is 3. The maximum absolute atomic E-state index is 13.6. The summed E-state index contributed by atoms with van der Waals surface area (Å²) in [6.45, 7) is 0. The third kappa shape index (κ3) is 3.32. The molecule has 2 aromatic rings.